The molecule has 0 bridgehead atoms. The largest absolute Gasteiger partial charge is 0.466 e. The molecule has 1 unspecified atom stereocenters. The van der Waals surface area contributed by atoms with Gasteiger partial charge < -0.3 is 28.8 Å². The summed E-state index contributed by atoms with van der Waals surface area (Å²) in [7, 11) is 0. The number of carbonyl (C=O) groups is 4. The quantitative estimate of drug-likeness (QED) is 0.191. The van der Waals surface area contributed by atoms with E-state index in [1.165, 1.54) is 33.8 Å². The van der Waals surface area contributed by atoms with E-state index in [0.29, 0.717) is 24.0 Å². The third kappa shape index (κ3) is 6.80. The van der Waals surface area contributed by atoms with Gasteiger partial charge in [-0.2, -0.15) is 13.2 Å². The van der Waals surface area contributed by atoms with Gasteiger partial charge in [0.05, 0.1) is 31.0 Å². The van der Waals surface area contributed by atoms with Crippen molar-refractivity contribution in [3.05, 3.63) is 47.0 Å². The minimum Gasteiger partial charge on any atom is -0.466 e. The number of alkyl halides is 3. The lowest BCUT2D eigenvalue weighted by atomic mass is 9.36. The van der Waals surface area contributed by atoms with Gasteiger partial charge in [0, 0.05) is 50.4 Å². The Hall–Kier alpha value is -3.45. The average molecular weight is 723 g/mol. The van der Waals surface area contributed by atoms with Gasteiger partial charge in [0.15, 0.2) is 0 Å². The van der Waals surface area contributed by atoms with Crippen molar-refractivity contribution in [2.45, 2.75) is 111 Å². The highest BCUT2D eigenvalue weighted by Crippen LogP contribution is 2.72. The first-order chi connectivity index (χ1) is 23.7. The Kier molecular flexibility index (Phi) is 10.5. The topological polar surface area (TPSA) is 135 Å². The maximum atomic E-state index is 13.6. The smallest absolute Gasteiger partial charge is 0.416 e. The highest BCUT2D eigenvalue weighted by molar-refractivity contribution is 5.68. The number of rotatable bonds is 9. The molecule has 3 aliphatic carbocycles. The average Bonchev–Trinajstić information content (AvgIpc) is 3.46. The summed E-state index contributed by atoms with van der Waals surface area (Å²) in [4.78, 5) is 50.4. The summed E-state index contributed by atoms with van der Waals surface area (Å²) in [6.07, 6.45) is -4.53. The standard InChI is InChI=1S/C38H49F3O10/c1-21-17-30(49-23(3)43)35(7)28(37(21,46)14-11-26-9-8-10-27(18-26)38(39,40)41)12-13-34(6)29-19-47-20-36(29,15-16-48-22(2)42)33(51-25(5)45)31(32(34)35)50-24(4)44/h8-10,17-18,28-33,46H,11-16,19-20H2,1-7H3/t28-,29+,30-,31+,32?,33+,34+,35-,36+,37-/m1/s1. The summed E-state index contributed by atoms with van der Waals surface area (Å²) in [5, 5.41) is 12.8. The van der Waals surface area contributed by atoms with Gasteiger partial charge in [-0.25, -0.2) is 0 Å². The summed E-state index contributed by atoms with van der Waals surface area (Å²) in [5.74, 6) is -3.92. The number of fused-ring (bicyclic) bond motifs is 5. The zero-order valence-electron chi connectivity index (χ0n) is 30.3. The minimum absolute atomic E-state index is 0.00762. The third-order valence-electron chi connectivity index (χ3n) is 12.5. The fraction of sp³-hybridized carbons (Fsp3) is 0.684. The lowest BCUT2D eigenvalue weighted by molar-refractivity contribution is -0.287. The Balaban J connectivity index is 1.67. The van der Waals surface area contributed by atoms with Gasteiger partial charge in [-0.05, 0) is 73.6 Å². The van der Waals surface area contributed by atoms with Crippen LogP contribution in [0.2, 0.25) is 0 Å². The van der Waals surface area contributed by atoms with Crippen LogP contribution in [0.3, 0.4) is 0 Å². The predicted molar refractivity (Wildman–Crippen MR) is 176 cm³/mol. The van der Waals surface area contributed by atoms with E-state index >= 15 is 0 Å². The van der Waals surface area contributed by atoms with Crippen LogP contribution < -0.4 is 0 Å². The van der Waals surface area contributed by atoms with Crippen molar-refractivity contribution in [3.8, 4) is 0 Å². The molecule has 1 N–H and O–H groups in total. The van der Waals surface area contributed by atoms with E-state index in [4.69, 9.17) is 23.7 Å². The zero-order chi connectivity index (χ0) is 37.7. The number of carbonyl (C=O) groups excluding carboxylic acids is 4. The normalized spacial score (nSPS) is 37.2. The number of aryl methyl sites for hydroxylation is 1. The van der Waals surface area contributed by atoms with Crippen LogP contribution in [-0.4, -0.2) is 72.7 Å². The lowest BCUT2D eigenvalue weighted by Crippen LogP contribution is -2.74. The van der Waals surface area contributed by atoms with E-state index in [9.17, 15) is 37.5 Å². The Morgan fingerprint density at radius 1 is 0.941 bits per heavy atom. The molecule has 0 radical (unpaired) electrons. The summed E-state index contributed by atoms with van der Waals surface area (Å²) in [5.41, 5.74) is -4.21. The van der Waals surface area contributed by atoms with Gasteiger partial charge in [0.2, 0.25) is 0 Å². The summed E-state index contributed by atoms with van der Waals surface area (Å²) in [6, 6.07) is 5.03. The number of hydrogen-bond donors (Lipinski definition) is 1. The highest BCUT2D eigenvalue weighted by atomic mass is 19.4. The zero-order valence-corrected chi connectivity index (χ0v) is 30.3. The van der Waals surface area contributed by atoms with Crippen LogP contribution >= 0.6 is 0 Å². The van der Waals surface area contributed by atoms with E-state index in [1.54, 1.807) is 19.1 Å². The predicted octanol–water partition coefficient (Wildman–Crippen LogP) is 5.76. The van der Waals surface area contributed by atoms with Crippen molar-refractivity contribution in [1.82, 2.24) is 0 Å². The fourth-order valence-corrected chi connectivity index (χ4v) is 10.6. The van der Waals surface area contributed by atoms with Gasteiger partial charge in [-0.3, -0.25) is 19.2 Å². The molecule has 4 aliphatic rings. The summed E-state index contributed by atoms with van der Waals surface area (Å²) in [6.45, 7) is 11.2. The SMILES string of the molecule is CC(=O)OCC[C@]12COC[C@H]1[C@]1(C)CC[C@@H]3[C@@](C)(C1[C@H](OC(C)=O)[C@@H]2OC(C)=O)[C@H](OC(C)=O)C=C(C)[C@]3(O)CCc1cccc(C(F)(F)F)c1. The third-order valence-corrected chi connectivity index (χ3v) is 12.5. The molecule has 1 saturated heterocycles. The van der Waals surface area contributed by atoms with E-state index in [0.717, 1.165) is 12.1 Å². The monoisotopic (exact) mass is 722 g/mol. The number of ether oxygens (including phenoxy) is 5. The van der Waals surface area contributed by atoms with Crippen molar-refractivity contribution in [2.24, 2.45) is 34.0 Å². The van der Waals surface area contributed by atoms with Crippen molar-refractivity contribution in [1.29, 1.82) is 0 Å². The molecule has 1 heterocycles. The molecule has 13 heteroatoms. The molecule has 10 nitrogen and oxygen atoms in total. The Morgan fingerprint density at radius 3 is 2.22 bits per heavy atom. The molecule has 3 fully saturated rings. The number of esters is 4. The van der Waals surface area contributed by atoms with Crippen molar-refractivity contribution in [3.63, 3.8) is 0 Å². The molecule has 0 amide bonds. The highest BCUT2D eigenvalue weighted by Gasteiger charge is 2.76. The second-order valence-corrected chi connectivity index (χ2v) is 15.4. The van der Waals surface area contributed by atoms with E-state index < -0.39 is 87.6 Å². The molecular weight excluding hydrogens is 673 g/mol. The first-order valence-corrected chi connectivity index (χ1v) is 17.5. The van der Waals surface area contributed by atoms with Crippen LogP contribution in [0.15, 0.2) is 35.9 Å². The molecule has 282 valence electrons. The molecule has 51 heavy (non-hydrogen) atoms. The fourth-order valence-electron chi connectivity index (χ4n) is 10.6. The molecule has 1 aromatic carbocycles. The molecule has 5 rings (SSSR count). The van der Waals surface area contributed by atoms with Crippen LogP contribution in [0.4, 0.5) is 13.2 Å². The van der Waals surface area contributed by atoms with Gasteiger partial charge >= 0.3 is 30.1 Å². The second-order valence-electron chi connectivity index (χ2n) is 15.4. The van der Waals surface area contributed by atoms with Gasteiger partial charge in [0.25, 0.3) is 0 Å². The number of hydrogen-bond acceptors (Lipinski definition) is 10. The van der Waals surface area contributed by atoms with Gasteiger partial charge in [-0.1, -0.05) is 32.0 Å². The van der Waals surface area contributed by atoms with Crippen LogP contribution in [0.5, 0.6) is 0 Å². The molecule has 1 aromatic rings. The van der Waals surface area contributed by atoms with Crippen LogP contribution in [0.1, 0.15) is 85.3 Å². The van der Waals surface area contributed by atoms with Crippen molar-refractivity contribution >= 4 is 23.9 Å². The Labute approximate surface area is 296 Å². The van der Waals surface area contributed by atoms with Crippen molar-refractivity contribution < 1.29 is 61.1 Å². The van der Waals surface area contributed by atoms with Gasteiger partial charge in [-0.15, -0.1) is 0 Å². The lowest BCUT2D eigenvalue weighted by Gasteiger charge is -2.70. The number of benzene rings is 1. The van der Waals surface area contributed by atoms with Gasteiger partial charge in [0.1, 0.15) is 18.3 Å². The Bertz CT molecular complexity index is 1570. The van der Waals surface area contributed by atoms with Crippen LogP contribution in [-0.2, 0) is 55.5 Å². The molecule has 10 atom stereocenters. The van der Waals surface area contributed by atoms with E-state index in [1.807, 2.05) is 6.92 Å². The van der Waals surface area contributed by atoms with E-state index in [-0.39, 0.29) is 45.0 Å². The number of aliphatic hydroxyl groups is 1. The summed E-state index contributed by atoms with van der Waals surface area (Å²) >= 11 is 0. The first kappa shape index (κ1) is 38.8. The van der Waals surface area contributed by atoms with E-state index in [2.05, 4.69) is 6.92 Å². The number of halogens is 3. The molecule has 0 spiro atoms. The first-order valence-electron chi connectivity index (χ1n) is 17.5. The maximum absolute atomic E-state index is 13.6. The molecule has 1 aliphatic heterocycles. The second kappa shape index (κ2) is 13.8. The molecule has 2 saturated carbocycles. The summed E-state index contributed by atoms with van der Waals surface area (Å²) < 4.78 is 70.7. The molecular formula is C38H49F3O10. The van der Waals surface area contributed by atoms with Crippen LogP contribution in [0.25, 0.3) is 0 Å². The van der Waals surface area contributed by atoms with Crippen molar-refractivity contribution in [2.75, 3.05) is 19.8 Å². The minimum atomic E-state index is -4.53. The van der Waals surface area contributed by atoms with Crippen LogP contribution in [0, 0.1) is 34.0 Å². The molecule has 0 aromatic heterocycles. The maximum Gasteiger partial charge on any atom is 0.416 e. The Morgan fingerprint density at radius 2 is 1.61 bits per heavy atom.